The van der Waals surface area contributed by atoms with Gasteiger partial charge in [0.25, 0.3) is 5.69 Å². The minimum Gasteiger partial charge on any atom is -0.493 e. The van der Waals surface area contributed by atoms with Crippen LogP contribution in [0, 0.1) is 10.1 Å². The molecule has 9 heteroatoms. The number of nitro benzene ring substituents is 1. The number of aliphatic hydroxyl groups excluding tert-OH is 1. The number of ether oxygens (including phenoxy) is 3. The predicted molar refractivity (Wildman–Crippen MR) is 94.6 cm³/mol. The fraction of sp³-hybridized carbons (Fsp3) is 0.588. The number of carbonyl (C=O) groups is 1. The zero-order valence-electron chi connectivity index (χ0n) is 15.7. The maximum absolute atomic E-state index is 11.5. The van der Waals surface area contributed by atoms with Crippen LogP contribution in [0.4, 0.5) is 10.5 Å². The number of amides is 1. The average Bonchev–Trinajstić information content (AvgIpc) is 2.51. The van der Waals surface area contributed by atoms with Crippen LogP contribution in [0.3, 0.4) is 0 Å². The number of nitrogens with zero attached hydrogens (tertiary/aromatic N) is 1. The van der Waals surface area contributed by atoms with Gasteiger partial charge in [0.15, 0.2) is 11.5 Å². The molecule has 1 rings (SSSR count). The number of methoxy groups -OCH3 is 1. The van der Waals surface area contributed by atoms with Gasteiger partial charge in [0, 0.05) is 6.54 Å². The van der Waals surface area contributed by atoms with Gasteiger partial charge < -0.3 is 24.6 Å². The van der Waals surface area contributed by atoms with Crippen molar-refractivity contribution in [2.24, 2.45) is 0 Å². The largest absolute Gasteiger partial charge is 0.493 e. The Kier molecular flexibility index (Phi) is 7.63. The Labute approximate surface area is 152 Å². The molecule has 0 bridgehead atoms. The summed E-state index contributed by atoms with van der Waals surface area (Å²) in [5, 5.41) is 23.5. The van der Waals surface area contributed by atoms with Gasteiger partial charge in [0.2, 0.25) is 0 Å². The SMILES string of the molecule is COc1cc(C(C)O)c([N+](=O)[O-])cc1OCCCNC(=O)OC(C)(C)C. The molecule has 26 heavy (non-hydrogen) atoms. The molecule has 1 aromatic rings. The van der Waals surface area contributed by atoms with Gasteiger partial charge in [0.05, 0.1) is 36.4 Å². The molecule has 0 aliphatic carbocycles. The second-order valence-corrected chi connectivity index (χ2v) is 6.63. The van der Waals surface area contributed by atoms with Crippen LogP contribution in [-0.2, 0) is 4.74 Å². The number of alkyl carbamates (subject to hydrolysis) is 1. The quantitative estimate of drug-likeness (QED) is 0.410. The van der Waals surface area contributed by atoms with E-state index in [1.807, 2.05) is 0 Å². The average molecular weight is 370 g/mol. The highest BCUT2D eigenvalue weighted by Crippen LogP contribution is 2.37. The zero-order valence-corrected chi connectivity index (χ0v) is 15.7. The van der Waals surface area contributed by atoms with E-state index in [1.165, 1.54) is 26.2 Å². The molecule has 0 fully saturated rings. The Morgan fingerprint density at radius 3 is 2.50 bits per heavy atom. The van der Waals surface area contributed by atoms with Gasteiger partial charge in [-0.05, 0) is 40.2 Å². The van der Waals surface area contributed by atoms with E-state index in [2.05, 4.69) is 5.32 Å². The van der Waals surface area contributed by atoms with Crippen molar-refractivity contribution in [2.75, 3.05) is 20.3 Å². The second-order valence-electron chi connectivity index (χ2n) is 6.63. The van der Waals surface area contributed by atoms with E-state index in [4.69, 9.17) is 14.2 Å². The van der Waals surface area contributed by atoms with Crippen molar-refractivity contribution in [3.05, 3.63) is 27.8 Å². The van der Waals surface area contributed by atoms with E-state index in [1.54, 1.807) is 20.8 Å². The summed E-state index contributed by atoms with van der Waals surface area (Å²) in [5.74, 6) is 0.479. The van der Waals surface area contributed by atoms with Gasteiger partial charge in [-0.3, -0.25) is 10.1 Å². The summed E-state index contributed by atoms with van der Waals surface area (Å²) in [7, 11) is 1.41. The maximum atomic E-state index is 11.5. The fourth-order valence-electron chi connectivity index (χ4n) is 2.09. The van der Waals surface area contributed by atoms with E-state index in [0.29, 0.717) is 13.0 Å². The molecule has 2 N–H and O–H groups in total. The van der Waals surface area contributed by atoms with Crippen molar-refractivity contribution >= 4 is 11.8 Å². The highest BCUT2D eigenvalue weighted by atomic mass is 16.6. The number of benzene rings is 1. The van der Waals surface area contributed by atoms with Crippen LogP contribution in [0.15, 0.2) is 12.1 Å². The van der Waals surface area contributed by atoms with Gasteiger partial charge in [0.1, 0.15) is 5.60 Å². The lowest BCUT2D eigenvalue weighted by molar-refractivity contribution is -0.386. The number of hydrogen-bond donors (Lipinski definition) is 2. The summed E-state index contributed by atoms with van der Waals surface area (Å²) < 4.78 is 15.8. The minimum absolute atomic E-state index is 0.144. The Bertz CT molecular complexity index is 639. The van der Waals surface area contributed by atoms with Gasteiger partial charge in [-0.15, -0.1) is 0 Å². The van der Waals surface area contributed by atoms with Crippen molar-refractivity contribution in [1.82, 2.24) is 5.32 Å². The Balaban J connectivity index is 2.65. The molecule has 0 spiro atoms. The highest BCUT2D eigenvalue weighted by molar-refractivity contribution is 5.67. The lowest BCUT2D eigenvalue weighted by Crippen LogP contribution is -2.33. The van der Waals surface area contributed by atoms with Crippen molar-refractivity contribution in [1.29, 1.82) is 0 Å². The summed E-state index contributed by atoms with van der Waals surface area (Å²) in [6, 6.07) is 2.61. The molecular weight excluding hydrogens is 344 g/mol. The number of aliphatic hydroxyl groups is 1. The van der Waals surface area contributed by atoms with Crippen LogP contribution in [0.2, 0.25) is 0 Å². The van der Waals surface area contributed by atoms with E-state index in [-0.39, 0.29) is 29.4 Å². The summed E-state index contributed by atoms with van der Waals surface area (Å²) in [6.45, 7) is 7.27. The van der Waals surface area contributed by atoms with E-state index >= 15 is 0 Å². The first kappa shape index (κ1) is 21.5. The second kappa shape index (κ2) is 9.23. The van der Waals surface area contributed by atoms with E-state index in [9.17, 15) is 20.0 Å². The molecule has 146 valence electrons. The van der Waals surface area contributed by atoms with Crippen LogP contribution in [0.25, 0.3) is 0 Å². The molecule has 9 nitrogen and oxygen atoms in total. The summed E-state index contributed by atoms with van der Waals surface area (Å²) in [5.41, 5.74) is -0.674. The monoisotopic (exact) mass is 370 g/mol. The molecule has 1 unspecified atom stereocenters. The van der Waals surface area contributed by atoms with Gasteiger partial charge in [-0.2, -0.15) is 0 Å². The zero-order chi connectivity index (χ0) is 19.9. The first-order valence-electron chi connectivity index (χ1n) is 8.19. The Hall–Kier alpha value is -2.55. The van der Waals surface area contributed by atoms with E-state index in [0.717, 1.165) is 0 Å². The van der Waals surface area contributed by atoms with Crippen LogP contribution in [-0.4, -0.2) is 42.0 Å². The molecule has 1 aromatic carbocycles. The molecule has 1 atom stereocenters. The number of carbonyl (C=O) groups excluding carboxylic acids is 1. The third-order valence-corrected chi connectivity index (χ3v) is 3.21. The minimum atomic E-state index is -1.02. The lowest BCUT2D eigenvalue weighted by atomic mass is 10.1. The topological polar surface area (TPSA) is 120 Å². The molecule has 0 radical (unpaired) electrons. The molecular formula is C17H26N2O7. The van der Waals surface area contributed by atoms with Gasteiger partial charge in [-0.25, -0.2) is 4.79 Å². The van der Waals surface area contributed by atoms with Crippen LogP contribution < -0.4 is 14.8 Å². The standard InChI is InChI=1S/C17H26N2O7/c1-11(20)12-9-14(24-5)15(10-13(12)19(22)23)25-8-6-7-18-16(21)26-17(2,3)4/h9-11,20H,6-8H2,1-5H3,(H,18,21). The highest BCUT2D eigenvalue weighted by Gasteiger charge is 2.22. The predicted octanol–water partition coefficient (Wildman–Crippen LogP) is 2.95. The molecule has 0 saturated carbocycles. The van der Waals surface area contributed by atoms with Crippen molar-refractivity contribution in [3.63, 3.8) is 0 Å². The van der Waals surface area contributed by atoms with Crippen LogP contribution >= 0.6 is 0 Å². The van der Waals surface area contributed by atoms with Crippen molar-refractivity contribution in [3.8, 4) is 11.5 Å². The summed E-state index contributed by atoms with van der Waals surface area (Å²) in [4.78, 5) is 22.1. The summed E-state index contributed by atoms with van der Waals surface area (Å²) in [6.07, 6.45) is -1.07. The Morgan fingerprint density at radius 1 is 1.35 bits per heavy atom. The molecule has 0 heterocycles. The Morgan fingerprint density at radius 2 is 2.00 bits per heavy atom. The van der Waals surface area contributed by atoms with E-state index < -0.39 is 22.7 Å². The first-order chi connectivity index (χ1) is 12.0. The third-order valence-electron chi connectivity index (χ3n) is 3.21. The summed E-state index contributed by atoms with van der Waals surface area (Å²) >= 11 is 0. The van der Waals surface area contributed by atoms with Crippen LogP contribution in [0.5, 0.6) is 11.5 Å². The molecule has 1 amide bonds. The third kappa shape index (κ3) is 6.75. The number of hydrogen-bond acceptors (Lipinski definition) is 7. The normalized spacial score (nSPS) is 12.2. The van der Waals surface area contributed by atoms with Crippen molar-refractivity contribution < 1.29 is 29.0 Å². The first-order valence-corrected chi connectivity index (χ1v) is 8.19. The fourth-order valence-corrected chi connectivity index (χ4v) is 2.09. The molecule has 0 aliphatic heterocycles. The number of nitrogens with one attached hydrogen (secondary N) is 1. The number of nitro groups is 1. The number of rotatable bonds is 8. The molecule has 0 aromatic heterocycles. The maximum Gasteiger partial charge on any atom is 0.407 e. The smallest absolute Gasteiger partial charge is 0.407 e. The van der Waals surface area contributed by atoms with Crippen molar-refractivity contribution in [2.45, 2.75) is 45.8 Å². The van der Waals surface area contributed by atoms with Crippen LogP contribution in [0.1, 0.15) is 45.8 Å². The van der Waals surface area contributed by atoms with Gasteiger partial charge >= 0.3 is 6.09 Å². The lowest BCUT2D eigenvalue weighted by Gasteiger charge is -2.19. The van der Waals surface area contributed by atoms with Gasteiger partial charge in [-0.1, -0.05) is 0 Å². The molecule has 0 aliphatic rings. The molecule has 0 saturated heterocycles.